The number of hydrogen-bond acceptors (Lipinski definition) is 3. The number of nitrogens with zero attached hydrogens (tertiary/aromatic N) is 1. The zero-order valence-electron chi connectivity index (χ0n) is 14.0. The molecule has 1 aliphatic rings. The molecule has 0 saturated carbocycles. The molecule has 2 aromatic carbocycles. The van der Waals surface area contributed by atoms with Gasteiger partial charge in [-0.2, -0.15) is 0 Å². The number of hydrogen-bond donors (Lipinski definition) is 1. The minimum Gasteiger partial charge on any atom is -0.382 e. The van der Waals surface area contributed by atoms with Crippen molar-refractivity contribution < 1.29 is 9.53 Å². The lowest BCUT2D eigenvalue weighted by atomic mass is 10.0. The quantitative estimate of drug-likeness (QED) is 0.915. The third-order valence-corrected chi connectivity index (χ3v) is 4.51. The van der Waals surface area contributed by atoms with Crippen molar-refractivity contribution >= 4 is 11.6 Å². The molecule has 1 heterocycles. The van der Waals surface area contributed by atoms with Crippen LogP contribution >= 0.6 is 0 Å². The summed E-state index contributed by atoms with van der Waals surface area (Å²) in [5, 5.41) is 3.55. The molecule has 1 atom stereocenters. The summed E-state index contributed by atoms with van der Waals surface area (Å²) >= 11 is 0. The van der Waals surface area contributed by atoms with Crippen LogP contribution in [0, 0.1) is 0 Å². The fourth-order valence-electron chi connectivity index (χ4n) is 3.19. The lowest BCUT2D eigenvalue weighted by Crippen LogP contribution is -2.44. The normalized spacial score (nSPS) is 16.6. The molecule has 2 aromatic rings. The maximum absolute atomic E-state index is 12.8. The predicted molar refractivity (Wildman–Crippen MR) is 95.9 cm³/mol. The number of nitrogens with one attached hydrogen (secondary N) is 1. The van der Waals surface area contributed by atoms with Gasteiger partial charge in [0.1, 0.15) is 0 Å². The Kier molecular flexibility index (Phi) is 5.49. The number of methoxy groups -OCH3 is 1. The third kappa shape index (κ3) is 3.95. The number of amides is 1. The number of anilines is 1. The van der Waals surface area contributed by atoms with Gasteiger partial charge in [0.25, 0.3) is 5.91 Å². The molecule has 4 nitrogen and oxygen atoms in total. The average Bonchev–Trinajstić information content (AvgIpc) is 2.65. The lowest BCUT2D eigenvalue weighted by molar-refractivity contribution is -0.143. The highest BCUT2D eigenvalue weighted by atomic mass is 16.5. The van der Waals surface area contributed by atoms with E-state index >= 15 is 0 Å². The Morgan fingerprint density at radius 3 is 2.21 bits per heavy atom. The minimum atomic E-state index is -0.509. The summed E-state index contributed by atoms with van der Waals surface area (Å²) in [5.41, 5.74) is 2.05. The van der Waals surface area contributed by atoms with E-state index < -0.39 is 6.10 Å². The van der Waals surface area contributed by atoms with Gasteiger partial charge in [-0.05, 0) is 30.5 Å². The van der Waals surface area contributed by atoms with Crippen molar-refractivity contribution in [3.63, 3.8) is 0 Å². The molecule has 0 aromatic heterocycles. The van der Waals surface area contributed by atoms with Gasteiger partial charge in [0.05, 0.1) is 0 Å². The van der Waals surface area contributed by atoms with Crippen molar-refractivity contribution in [2.24, 2.45) is 0 Å². The fourth-order valence-corrected chi connectivity index (χ4v) is 3.19. The highest BCUT2D eigenvalue weighted by molar-refractivity contribution is 5.82. The number of carbonyl (C=O) groups is 1. The maximum atomic E-state index is 12.8. The topological polar surface area (TPSA) is 41.6 Å². The molecule has 0 aliphatic carbocycles. The molecule has 4 heteroatoms. The summed E-state index contributed by atoms with van der Waals surface area (Å²) in [4.78, 5) is 14.7. The van der Waals surface area contributed by atoms with Gasteiger partial charge >= 0.3 is 0 Å². The van der Waals surface area contributed by atoms with E-state index in [4.69, 9.17) is 4.74 Å². The zero-order chi connectivity index (χ0) is 16.8. The van der Waals surface area contributed by atoms with E-state index in [1.54, 1.807) is 7.11 Å². The van der Waals surface area contributed by atoms with Crippen LogP contribution < -0.4 is 5.32 Å². The molecule has 1 aliphatic heterocycles. The molecular formula is C20H24N2O2. The van der Waals surface area contributed by atoms with Crippen LogP contribution in [0.2, 0.25) is 0 Å². The van der Waals surface area contributed by atoms with Gasteiger partial charge in [0.2, 0.25) is 0 Å². The van der Waals surface area contributed by atoms with Gasteiger partial charge < -0.3 is 15.0 Å². The van der Waals surface area contributed by atoms with Crippen LogP contribution in [0.5, 0.6) is 0 Å². The smallest absolute Gasteiger partial charge is 0.256 e. The first kappa shape index (κ1) is 16.5. The van der Waals surface area contributed by atoms with E-state index in [2.05, 4.69) is 17.4 Å². The molecule has 0 radical (unpaired) electrons. The Bertz CT molecular complexity index is 637. The van der Waals surface area contributed by atoms with E-state index in [0.29, 0.717) is 6.04 Å². The molecule has 0 unspecified atom stereocenters. The van der Waals surface area contributed by atoms with Crippen LogP contribution in [0.15, 0.2) is 60.7 Å². The number of para-hydroxylation sites is 1. The van der Waals surface area contributed by atoms with Crippen molar-refractivity contribution in [3.05, 3.63) is 66.2 Å². The molecule has 0 bridgehead atoms. The second-order valence-electron chi connectivity index (χ2n) is 6.14. The Balaban J connectivity index is 1.56. The number of piperidine rings is 1. The van der Waals surface area contributed by atoms with E-state index in [-0.39, 0.29) is 5.91 Å². The van der Waals surface area contributed by atoms with Crippen molar-refractivity contribution in [2.45, 2.75) is 25.0 Å². The Morgan fingerprint density at radius 1 is 1.04 bits per heavy atom. The van der Waals surface area contributed by atoms with E-state index in [1.165, 1.54) is 0 Å². The minimum absolute atomic E-state index is 0.0573. The molecule has 126 valence electrons. The lowest BCUT2D eigenvalue weighted by Gasteiger charge is -2.34. The summed E-state index contributed by atoms with van der Waals surface area (Å²) in [5.74, 6) is 0.0573. The van der Waals surface area contributed by atoms with Crippen LogP contribution in [-0.2, 0) is 9.53 Å². The third-order valence-electron chi connectivity index (χ3n) is 4.51. The van der Waals surface area contributed by atoms with E-state index in [1.807, 2.05) is 53.4 Å². The van der Waals surface area contributed by atoms with E-state index in [9.17, 15) is 4.79 Å². The fraction of sp³-hybridized carbons (Fsp3) is 0.350. The van der Waals surface area contributed by atoms with Crippen molar-refractivity contribution in [1.29, 1.82) is 0 Å². The van der Waals surface area contributed by atoms with Gasteiger partial charge in [-0.1, -0.05) is 48.5 Å². The molecule has 3 rings (SSSR count). The van der Waals surface area contributed by atoms with E-state index in [0.717, 1.165) is 37.2 Å². The maximum Gasteiger partial charge on any atom is 0.256 e. The summed E-state index contributed by atoms with van der Waals surface area (Å²) in [6.45, 7) is 1.52. The number of ether oxygens (including phenoxy) is 1. The van der Waals surface area contributed by atoms with Gasteiger partial charge in [-0.3, -0.25) is 4.79 Å². The summed E-state index contributed by atoms with van der Waals surface area (Å²) in [7, 11) is 1.60. The summed E-state index contributed by atoms with van der Waals surface area (Å²) < 4.78 is 5.47. The SMILES string of the molecule is CO[C@@H](C(=O)N1CCC(Nc2ccccc2)CC1)c1ccccc1. The molecule has 1 fully saturated rings. The Hall–Kier alpha value is -2.33. The average molecular weight is 324 g/mol. The van der Waals surface area contributed by atoms with Crippen LogP contribution in [0.3, 0.4) is 0 Å². The van der Waals surface area contributed by atoms with Gasteiger partial charge in [-0.25, -0.2) is 0 Å². The van der Waals surface area contributed by atoms with Crippen LogP contribution in [0.4, 0.5) is 5.69 Å². The molecule has 1 saturated heterocycles. The summed E-state index contributed by atoms with van der Waals surface area (Å²) in [6.07, 6.45) is 1.39. The monoisotopic (exact) mass is 324 g/mol. The zero-order valence-corrected chi connectivity index (χ0v) is 14.0. The van der Waals surface area contributed by atoms with Gasteiger partial charge in [-0.15, -0.1) is 0 Å². The number of likely N-dealkylation sites (tertiary alicyclic amines) is 1. The predicted octanol–water partition coefficient (Wildman–Crippen LogP) is 3.48. The first-order chi connectivity index (χ1) is 11.8. The number of benzene rings is 2. The van der Waals surface area contributed by atoms with Crippen LogP contribution in [-0.4, -0.2) is 37.0 Å². The van der Waals surface area contributed by atoms with Gasteiger partial charge in [0.15, 0.2) is 6.10 Å². The van der Waals surface area contributed by atoms with Crippen LogP contribution in [0.25, 0.3) is 0 Å². The first-order valence-electron chi connectivity index (χ1n) is 8.46. The molecule has 0 spiro atoms. The highest BCUT2D eigenvalue weighted by Crippen LogP contribution is 2.23. The Labute approximate surface area is 143 Å². The molecular weight excluding hydrogens is 300 g/mol. The first-order valence-corrected chi connectivity index (χ1v) is 8.46. The van der Waals surface area contributed by atoms with Crippen molar-refractivity contribution in [1.82, 2.24) is 4.90 Å². The molecule has 1 N–H and O–H groups in total. The standard InChI is InChI=1S/C20H24N2O2/c1-24-19(16-8-4-2-5-9-16)20(23)22-14-12-18(13-15-22)21-17-10-6-3-7-11-17/h2-11,18-19,21H,12-15H2,1H3/t19-/m1/s1. The van der Waals surface area contributed by atoms with Crippen molar-refractivity contribution in [3.8, 4) is 0 Å². The molecule has 24 heavy (non-hydrogen) atoms. The van der Waals surface area contributed by atoms with Crippen LogP contribution in [0.1, 0.15) is 24.5 Å². The second-order valence-corrected chi connectivity index (χ2v) is 6.14. The van der Waals surface area contributed by atoms with Crippen molar-refractivity contribution in [2.75, 3.05) is 25.5 Å². The highest BCUT2D eigenvalue weighted by Gasteiger charge is 2.29. The number of rotatable bonds is 5. The molecule has 1 amide bonds. The van der Waals surface area contributed by atoms with Gasteiger partial charge in [0, 0.05) is 31.9 Å². The number of carbonyl (C=O) groups excluding carboxylic acids is 1. The summed E-state index contributed by atoms with van der Waals surface area (Å²) in [6, 6.07) is 20.3. The largest absolute Gasteiger partial charge is 0.382 e. The second kappa shape index (κ2) is 7.97. The Morgan fingerprint density at radius 2 is 1.62 bits per heavy atom.